The fourth-order valence-electron chi connectivity index (χ4n) is 3.98. The maximum atomic E-state index is 12.8. The second kappa shape index (κ2) is 9.40. The van der Waals surface area contributed by atoms with Crippen molar-refractivity contribution in [3.8, 4) is 0 Å². The lowest BCUT2D eigenvalue weighted by Crippen LogP contribution is -2.45. The van der Waals surface area contributed by atoms with Crippen LogP contribution in [-0.2, 0) is 25.9 Å². The van der Waals surface area contributed by atoms with E-state index in [1.165, 1.54) is 17.0 Å². The summed E-state index contributed by atoms with van der Waals surface area (Å²) in [6.07, 6.45) is 0.392. The number of ether oxygens (including phenoxy) is 1. The Labute approximate surface area is 187 Å². The summed E-state index contributed by atoms with van der Waals surface area (Å²) in [7, 11) is -3.15. The van der Waals surface area contributed by atoms with Crippen LogP contribution in [0, 0.1) is 12.8 Å². The highest BCUT2D eigenvalue weighted by Crippen LogP contribution is 2.20. The fraction of sp³-hybridized carbons (Fsp3) is 0.545. The van der Waals surface area contributed by atoms with Crippen molar-refractivity contribution in [3.05, 3.63) is 39.8 Å². The van der Waals surface area contributed by atoms with E-state index in [4.69, 9.17) is 4.74 Å². The Morgan fingerprint density at radius 2 is 2.03 bits per heavy atom. The van der Waals surface area contributed by atoms with Crippen LogP contribution in [0.5, 0.6) is 0 Å². The number of esters is 1. The standard InChI is InChI=1S/C22H29N3O6S/c1-5-24-19-7-6-16(10-18(19)23-15(4)21(24)27)22(28)31-12-20(26)25(11-14(2)3)17-8-9-32(29,30)13-17/h6-7,10,14,17H,5,8-9,11-13H2,1-4H3/t17-/m1/s1. The topological polar surface area (TPSA) is 116 Å². The van der Waals surface area contributed by atoms with Gasteiger partial charge < -0.3 is 14.2 Å². The summed E-state index contributed by atoms with van der Waals surface area (Å²) in [4.78, 5) is 43.4. The molecule has 1 amide bonds. The predicted molar refractivity (Wildman–Crippen MR) is 120 cm³/mol. The molecule has 1 atom stereocenters. The van der Waals surface area contributed by atoms with Crippen molar-refractivity contribution in [3.63, 3.8) is 0 Å². The molecule has 0 unspecified atom stereocenters. The van der Waals surface area contributed by atoms with Crippen LogP contribution in [0.3, 0.4) is 0 Å². The number of fused-ring (bicyclic) bond motifs is 1. The summed E-state index contributed by atoms with van der Waals surface area (Å²) in [6, 6.07) is 4.32. The van der Waals surface area contributed by atoms with E-state index >= 15 is 0 Å². The van der Waals surface area contributed by atoms with Crippen LogP contribution < -0.4 is 5.56 Å². The minimum Gasteiger partial charge on any atom is -0.452 e. The van der Waals surface area contributed by atoms with Gasteiger partial charge in [-0.1, -0.05) is 13.8 Å². The van der Waals surface area contributed by atoms with Crippen molar-refractivity contribution in [2.45, 2.75) is 46.7 Å². The molecule has 32 heavy (non-hydrogen) atoms. The Balaban J connectivity index is 1.75. The third kappa shape index (κ3) is 5.17. The monoisotopic (exact) mass is 463 g/mol. The van der Waals surface area contributed by atoms with E-state index in [0.717, 1.165) is 0 Å². The quantitative estimate of drug-likeness (QED) is 0.572. The van der Waals surface area contributed by atoms with Gasteiger partial charge in [0.05, 0.1) is 28.1 Å². The van der Waals surface area contributed by atoms with E-state index < -0.39 is 34.4 Å². The molecule has 1 aromatic carbocycles. The third-order valence-corrected chi connectivity index (χ3v) is 7.27. The molecule has 9 nitrogen and oxygen atoms in total. The van der Waals surface area contributed by atoms with Gasteiger partial charge in [0.25, 0.3) is 11.5 Å². The smallest absolute Gasteiger partial charge is 0.338 e. The largest absolute Gasteiger partial charge is 0.452 e. The Kier molecular flexibility index (Phi) is 7.02. The summed E-state index contributed by atoms with van der Waals surface area (Å²) >= 11 is 0. The molecule has 1 aromatic heterocycles. The maximum Gasteiger partial charge on any atom is 0.338 e. The van der Waals surface area contributed by atoms with Crippen molar-refractivity contribution in [2.24, 2.45) is 5.92 Å². The first-order chi connectivity index (χ1) is 15.0. The predicted octanol–water partition coefficient (Wildman–Crippen LogP) is 1.55. The molecular weight excluding hydrogens is 434 g/mol. The number of carbonyl (C=O) groups excluding carboxylic acids is 2. The number of aromatic nitrogens is 2. The summed E-state index contributed by atoms with van der Waals surface area (Å²) in [5, 5.41) is 0. The first kappa shape index (κ1) is 23.9. The second-order valence-corrected chi connectivity index (χ2v) is 10.8. The molecule has 1 saturated heterocycles. The molecule has 0 aliphatic carbocycles. The van der Waals surface area contributed by atoms with Crippen LogP contribution in [0.4, 0.5) is 0 Å². The van der Waals surface area contributed by atoms with Crippen molar-refractivity contribution in [1.29, 1.82) is 0 Å². The highest BCUT2D eigenvalue weighted by Gasteiger charge is 2.35. The van der Waals surface area contributed by atoms with Gasteiger partial charge >= 0.3 is 5.97 Å². The molecule has 3 rings (SSSR count). The number of aryl methyl sites for hydroxylation is 2. The fourth-order valence-corrected chi connectivity index (χ4v) is 5.71. The van der Waals surface area contributed by atoms with Gasteiger partial charge in [0.1, 0.15) is 5.69 Å². The molecule has 0 radical (unpaired) electrons. The minimum atomic E-state index is -3.15. The minimum absolute atomic E-state index is 0.0612. The lowest BCUT2D eigenvalue weighted by molar-refractivity contribution is -0.137. The van der Waals surface area contributed by atoms with Gasteiger partial charge in [0, 0.05) is 19.1 Å². The highest BCUT2D eigenvalue weighted by atomic mass is 32.2. The van der Waals surface area contributed by atoms with Gasteiger partial charge in [-0.2, -0.15) is 0 Å². The second-order valence-electron chi connectivity index (χ2n) is 8.52. The molecule has 10 heteroatoms. The average molecular weight is 464 g/mol. The van der Waals surface area contributed by atoms with Crippen LogP contribution in [0.1, 0.15) is 43.2 Å². The van der Waals surface area contributed by atoms with Crippen molar-refractivity contribution in [1.82, 2.24) is 14.5 Å². The van der Waals surface area contributed by atoms with Crippen molar-refractivity contribution >= 4 is 32.7 Å². The lowest BCUT2D eigenvalue weighted by atomic mass is 10.1. The van der Waals surface area contributed by atoms with E-state index in [1.54, 1.807) is 17.6 Å². The van der Waals surface area contributed by atoms with E-state index in [9.17, 15) is 22.8 Å². The molecule has 2 heterocycles. The van der Waals surface area contributed by atoms with E-state index in [2.05, 4.69) is 4.98 Å². The molecule has 2 aromatic rings. The zero-order valence-electron chi connectivity index (χ0n) is 18.8. The number of benzene rings is 1. The van der Waals surface area contributed by atoms with Crippen LogP contribution in [-0.4, -0.2) is 65.4 Å². The SMILES string of the molecule is CCn1c(=O)c(C)nc2cc(C(=O)OCC(=O)N(CC(C)C)[C@@H]3CCS(=O)(=O)C3)ccc21. The Hall–Kier alpha value is -2.75. The number of hydrogen-bond donors (Lipinski definition) is 0. The van der Waals surface area contributed by atoms with E-state index in [-0.39, 0.29) is 28.5 Å². The molecule has 1 aliphatic heterocycles. The molecule has 1 aliphatic rings. The lowest BCUT2D eigenvalue weighted by Gasteiger charge is -2.29. The summed E-state index contributed by atoms with van der Waals surface area (Å²) in [6.45, 7) is 7.74. The highest BCUT2D eigenvalue weighted by molar-refractivity contribution is 7.91. The van der Waals surface area contributed by atoms with E-state index in [0.29, 0.717) is 36.2 Å². The molecular formula is C22H29N3O6S. The average Bonchev–Trinajstić information content (AvgIpc) is 3.09. The molecule has 0 N–H and O–H groups in total. The molecule has 0 saturated carbocycles. The molecule has 1 fully saturated rings. The zero-order valence-corrected chi connectivity index (χ0v) is 19.6. The van der Waals surface area contributed by atoms with Gasteiger partial charge in [-0.3, -0.25) is 9.59 Å². The number of nitrogens with zero attached hydrogens (tertiary/aromatic N) is 3. The third-order valence-electron chi connectivity index (χ3n) is 5.52. The summed E-state index contributed by atoms with van der Waals surface area (Å²) < 4.78 is 30.5. The van der Waals surface area contributed by atoms with Gasteiger partial charge in [-0.15, -0.1) is 0 Å². The summed E-state index contributed by atoms with van der Waals surface area (Å²) in [5.41, 5.74) is 1.47. The van der Waals surface area contributed by atoms with Crippen LogP contribution in [0.2, 0.25) is 0 Å². The zero-order chi connectivity index (χ0) is 23.6. The normalized spacial score (nSPS) is 17.6. The Morgan fingerprint density at radius 1 is 1.31 bits per heavy atom. The van der Waals surface area contributed by atoms with Crippen molar-refractivity contribution in [2.75, 3.05) is 24.7 Å². The van der Waals surface area contributed by atoms with Gasteiger partial charge in [0.15, 0.2) is 16.4 Å². The number of amides is 1. The van der Waals surface area contributed by atoms with Gasteiger partial charge in [0.2, 0.25) is 0 Å². The molecule has 174 valence electrons. The first-order valence-electron chi connectivity index (χ1n) is 10.7. The molecule has 0 bridgehead atoms. The maximum absolute atomic E-state index is 12.8. The van der Waals surface area contributed by atoms with E-state index in [1.807, 2.05) is 20.8 Å². The Morgan fingerprint density at radius 3 is 2.62 bits per heavy atom. The number of rotatable bonds is 7. The van der Waals surface area contributed by atoms with Crippen molar-refractivity contribution < 1.29 is 22.7 Å². The van der Waals surface area contributed by atoms with Crippen LogP contribution in [0.15, 0.2) is 23.0 Å². The Bertz CT molecular complexity index is 1200. The van der Waals surface area contributed by atoms with Crippen LogP contribution in [0.25, 0.3) is 11.0 Å². The first-order valence-corrected chi connectivity index (χ1v) is 12.5. The summed E-state index contributed by atoms with van der Waals surface area (Å²) in [5.74, 6) is -0.954. The number of hydrogen-bond acceptors (Lipinski definition) is 7. The van der Waals surface area contributed by atoms with Gasteiger partial charge in [-0.05, 0) is 44.4 Å². The number of carbonyl (C=O) groups is 2. The van der Waals surface area contributed by atoms with Gasteiger partial charge in [-0.25, -0.2) is 18.2 Å². The number of sulfone groups is 1. The van der Waals surface area contributed by atoms with Crippen LogP contribution >= 0.6 is 0 Å². The molecule has 0 spiro atoms.